The van der Waals surface area contributed by atoms with Gasteiger partial charge in [-0.15, -0.1) is 0 Å². The quantitative estimate of drug-likeness (QED) is 0.830. The van der Waals surface area contributed by atoms with Crippen LogP contribution in [0.1, 0.15) is 19.8 Å². The SMILES string of the molecule is CCOc1ccc(OCNC(=O)N2CCCC2)cc1. The zero-order valence-corrected chi connectivity index (χ0v) is 11.2. The normalized spacial score (nSPS) is 14.3. The summed E-state index contributed by atoms with van der Waals surface area (Å²) >= 11 is 0. The van der Waals surface area contributed by atoms with E-state index in [4.69, 9.17) is 9.47 Å². The zero-order valence-electron chi connectivity index (χ0n) is 11.2. The molecule has 1 aromatic carbocycles. The minimum atomic E-state index is -0.0524. The summed E-state index contributed by atoms with van der Waals surface area (Å²) in [6.45, 7) is 4.46. The number of urea groups is 1. The molecule has 104 valence electrons. The molecule has 1 aromatic rings. The van der Waals surface area contributed by atoms with Crippen LogP contribution in [-0.2, 0) is 0 Å². The minimum Gasteiger partial charge on any atom is -0.494 e. The lowest BCUT2D eigenvalue weighted by atomic mass is 10.3. The number of nitrogens with zero attached hydrogens (tertiary/aromatic N) is 1. The zero-order chi connectivity index (χ0) is 13.5. The summed E-state index contributed by atoms with van der Waals surface area (Å²) in [6.07, 6.45) is 2.18. The summed E-state index contributed by atoms with van der Waals surface area (Å²) in [5.74, 6) is 1.53. The molecule has 0 unspecified atom stereocenters. The van der Waals surface area contributed by atoms with Crippen molar-refractivity contribution in [2.75, 3.05) is 26.4 Å². The van der Waals surface area contributed by atoms with Crippen molar-refractivity contribution in [1.29, 1.82) is 0 Å². The number of ether oxygens (including phenoxy) is 2. The monoisotopic (exact) mass is 264 g/mol. The molecule has 0 aromatic heterocycles. The van der Waals surface area contributed by atoms with Crippen molar-refractivity contribution in [2.24, 2.45) is 0 Å². The molecule has 0 bridgehead atoms. The third-order valence-corrected chi connectivity index (χ3v) is 2.99. The fraction of sp³-hybridized carbons (Fsp3) is 0.500. The average Bonchev–Trinajstić information content (AvgIpc) is 2.95. The maximum absolute atomic E-state index is 11.7. The van der Waals surface area contributed by atoms with E-state index >= 15 is 0 Å². The van der Waals surface area contributed by atoms with Crippen LogP contribution in [0.3, 0.4) is 0 Å². The highest BCUT2D eigenvalue weighted by Gasteiger charge is 2.16. The van der Waals surface area contributed by atoms with Crippen LogP contribution in [0.5, 0.6) is 11.5 Å². The first kappa shape index (κ1) is 13.5. The first-order chi connectivity index (χ1) is 9.29. The van der Waals surface area contributed by atoms with Gasteiger partial charge in [0.15, 0.2) is 6.73 Å². The van der Waals surface area contributed by atoms with Gasteiger partial charge in [-0.1, -0.05) is 0 Å². The van der Waals surface area contributed by atoms with Gasteiger partial charge in [-0.25, -0.2) is 4.79 Å². The van der Waals surface area contributed by atoms with Crippen molar-refractivity contribution >= 4 is 6.03 Å². The van der Waals surface area contributed by atoms with Gasteiger partial charge in [0.1, 0.15) is 11.5 Å². The molecule has 1 aliphatic rings. The maximum atomic E-state index is 11.7. The first-order valence-corrected chi connectivity index (χ1v) is 6.68. The molecule has 0 radical (unpaired) electrons. The number of benzene rings is 1. The standard InChI is InChI=1S/C14H20N2O3/c1-2-18-12-5-7-13(8-6-12)19-11-15-14(17)16-9-3-4-10-16/h5-8H,2-4,9-11H2,1H3,(H,15,17). The highest BCUT2D eigenvalue weighted by Crippen LogP contribution is 2.17. The van der Waals surface area contributed by atoms with Crippen LogP contribution in [0.4, 0.5) is 4.79 Å². The lowest BCUT2D eigenvalue weighted by molar-refractivity contribution is 0.194. The molecule has 2 rings (SSSR count). The van der Waals surface area contributed by atoms with Crippen molar-refractivity contribution < 1.29 is 14.3 Å². The van der Waals surface area contributed by atoms with E-state index in [0.717, 1.165) is 31.7 Å². The molecule has 0 atom stereocenters. The molecular weight excluding hydrogens is 244 g/mol. The maximum Gasteiger partial charge on any atom is 0.320 e. The fourth-order valence-electron chi connectivity index (χ4n) is 2.01. The number of rotatable bonds is 5. The van der Waals surface area contributed by atoms with Gasteiger partial charge in [-0.2, -0.15) is 0 Å². The van der Waals surface area contributed by atoms with Gasteiger partial charge in [-0.05, 0) is 44.0 Å². The Balaban J connectivity index is 1.71. The van der Waals surface area contributed by atoms with Gasteiger partial charge in [0, 0.05) is 13.1 Å². The van der Waals surface area contributed by atoms with Gasteiger partial charge < -0.3 is 19.7 Å². The Labute approximate surface area is 113 Å². The summed E-state index contributed by atoms with van der Waals surface area (Å²) in [5, 5.41) is 2.75. The molecule has 1 aliphatic heterocycles. The van der Waals surface area contributed by atoms with E-state index in [1.54, 1.807) is 0 Å². The molecule has 2 amide bonds. The number of nitrogens with one attached hydrogen (secondary N) is 1. The molecule has 5 nitrogen and oxygen atoms in total. The van der Waals surface area contributed by atoms with Crippen molar-refractivity contribution in [2.45, 2.75) is 19.8 Å². The van der Waals surface area contributed by atoms with Crippen molar-refractivity contribution in [3.63, 3.8) is 0 Å². The average molecular weight is 264 g/mol. The molecule has 1 saturated heterocycles. The lowest BCUT2D eigenvalue weighted by Gasteiger charge is -2.16. The van der Waals surface area contributed by atoms with E-state index in [1.165, 1.54) is 0 Å². The Kier molecular flexibility index (Phi) is 4.89. The van der Waals surface area contributed by atoms with Crippen LogP contribution in [0.2, 0.25) is 0 Å². The van der Waals surface area contributed by atoms with E-state index < -0.39 is 0 Å². The van der Waals surface area contributed by atoms with Crippen molar-refractivity contribution in [3.05, 3.63) is 24.3 Å². The fourth-order valence-corrected chi connectivity index (χ4v) is 2.01. The largest absolute Gasteiger partial charge is 0.494 e. The van der Waals surface area contributed by atoms with Gasteiger partial charge in [-0.3, -0.25) is 0 Å². The van der Waals surface area contributed by atoms with E-state index in [1.807, 2.05) is 36.1 Å². The Morgan fingerprint density at radius 3 is 2.32 bits per heavy atom. The molecule has 0 aliphatic carbocycles. The second kappa shape index (κ2) is 6.87. The second-order valence-corrected chi connectivity index (χ2v) is 4.37. The summed E-state index contributed by atoms with van der Waals surface area (Å²) in [7, 11) is 0. The summed E-state index contributed by atoms with van der Waals surface area (Å²) in [4.78, 5) is 13.5. The molecule has 0 saturated carbocycles. The molecule has 0 spiro atoms. The van der Waals surface area contributed by atoms with Crippen LogP contribution in [0, 0.1) is 0 Å². The van der Waals surface area contributed by atoms with E-state index in [0.29, 0.717) is 12.4 Å². The Morgan fingerprint density at radius 1 is 1.16 bits per heavy atom. The van der Waals surface area contributed by atoms with Gasteiger partial charge >= 0.3 is 6.03 Å². The minimum absolute atomic E-state index is 0.0524. The Hall–Kier alpha value is -1.91. The van der Waals surface area contributed by atoms with Crippen LogP contribution < -0.4 is 14.8 Å². The highest BCUT2D eigenvalue weighted by atomic mass is 16.5. The van der Waals surface area contributed by atoms with Gasteiger partial charge in [0.2, 0.25) is 0 Å². The van der Waals surface area contributed by atoms with Crippen molar-refractivity contribution in [1.82, 2.24) is 10.2 Å². The molecule has 19 heavy (non-hydrogen) atoms. The topological polar surface area (TPSA) is 50.8 Å². The predicted molar refractivity (Wildman–Crippen MR) is 72.4 cm³/mol. The summed E-state index contributed by atoms with van der Waals surface area (Å²) in [6, 6.07) is 7.30. The third-order valence-electron chi connectivity index (χ3n) is 2.99. The van der Waals surface area contributed by atoms with Crippen LogP contribution in [0.25, 0.3) is 0 Å². The number of hydrogen-bond donors (Lipinski definition) is 1. The van der Waals surface area contributed by atoms with Gasteiger partial charge in [0.05, 0.1) is 6.61 Å². The summed E-state index contributed by atoms with van der Waals surface area (Å²) < 4.78 is 10.8. The number of carbonyl (C=O) groups is 1. The predicted octanol–water partition coefficient (Wildman–Crippen LogP) is 2.23. The van der Waals surface area contributed by atoms with Crippen LogP contribution in [0.15, 0.2) is 24.3 Å². The van der Waals surface area contributed by atoms with Crippen molar-refractivity contribution in [3.8, 4) is 11.5 Å². The molecule has 5 heteroatoms. The first-order valence-electron chi connectivity index (χ1n) is 6.68. The number of amides is 2. The Bertz CT molecular complexity index is 400. The smallest absolute Gasteiger partial charge is 0.320 e. The molecule has 1 N–H and O–H groups in total. The highest BCUT2D eigenvalue weighted by molar-refractivity contribution is 5.74. The lowest BCUT2D eigenvalue weighted by Crippen LogP contribution is -2.39. The van der Waals surface area contributed by atoms with Crippen LogP contribution >= 0.6 is 0 Å². The van der Waals surface area contributed by atoms with E-state index in [9.17, 15) is 4.79 Å². The number of carbonyl (C=O) groups excluding carboxylic acids is 1. The number of likely N-dealkylation sites (tertiary alicyclic amines) is 1. The van der Waals surface area contributed by atoms with E-state index in [2.05, 4.69) is 5.32 Å². The number of hydrogen-bond acceptors (Lipinski definition) is 3. The van der Waals surface area contributed by atoms with Gasteiger partial charge in [0.25, 0.3) is 0 Å². The molecule has 1 fully saturated rings. The Morgan fingerprint density at radius 2 is 1.74 bits per heavy atom. The summed E-state index contributed by atoms with van der Waals surface area (Å²) in [5.41, 5.74) is 0. The molecular formula is C14H20N2O3. The molecule has 1 heterocycles. The second-order valence-electron chi connectivity index (χ2n) is 4.37. The van der Waals surface area contributed by atoms with E-state index in [-0.39, 0.29) is 12.8 Å². The third kappa shape index (κ3) is 4.05. The van der Waals surface area contributed by atoms with Crippen LogP contribution in [-0.4, -0.2) is 37.4 Å².